The number of halogens is 1. The van der Waals surface area contributed by atoms with Gasteiger partial charge in [-0.1, -0.05) is 0 Å². The Hall–Kier alpha value is -1.12. The number of methoxy groups -OCH3 is 1. The highest BCUT2D eigenvalue weighted by atomic mass is 79.9. The van der Waals surface area contributed by atoms with Crippen molar-refractivity contribution >= 4 is 31.9 Å². The maximum Gasteiger partial charge on any atom is 0.322 e. The third-order valence-corrected chi connectivity index (χ3v) is 6.10. The van der Waals surface area contributed by atoms with E-state index in [0.29, 0.717) is 23.1 Å². The van der Waals surface area contributed by atoms with Crippen molar-refractivity contribution in [2.45, 2.75) is 23.8 Å². The van der Waals surface area contributed by atoms with E-state index in [9.17, 15) is 13.2 Å². The Morgan fingerprint density at radius 2 is 2.20 bits per heavy atom. The lowest BCUT2D eigenvalue weighted by molar-refractivity contribution is -0.140. The number of ether oxygens (including phenoxy) is 1. The van der Waals surface area contributed by atoms with Gasteiger partial charge in [-0.05, 0) is 47.0 Å². The van der Waals surface area contributed by atoms with E-state index < -0.39 is 22.0 Å². The van der Waals surface area contributed by atoms with E-state index in [0.717, 1.165) is 4.31 Å². The molecule has 2 rings (SSSR count). The normalized spacial score (nSPS) is 20.0. The minimum Gasteiger partial charge on any atom is -0.497 e. The van der Waals surface area contributed by atoms with Gasteiger partial charge in [0.15, 0.2) is 0 Å². The van der Waals surface area contributed by atoms with Crippen LogP contribution in [0.3, 0.4) is 0 Å². The van der Waals surface area contributed by atoms with Crippen molar-refractivity contribution in [3.8, 4) is 5.75 Å². The molecule has 1 heterocycles. The molecule has 1 N–H and O–H groups in total. The monoisotopic (exact) mass is 363 g/mol. The molecule has 1 saturated heterocycles. The molecule has 1 aliphatic rings. The Labute approximate surface area is 125 Å². The van der Waals surface area contributed by atoms with E-state index in [1.165, 1.54) is 19.2 Å². The number of carboxylic acid groups (broad SMARTS) is 1. The van der Waals surface area contributed by atoms with Crippen molar-refractivity contribution < 1.29 is 23.1 Å². The summed E-state index contributed by atoms with van der Waals surface area (Å²) in [5.41, 5.74) is 0. The maximum atomic E-state index is 12.6. The van der Waals surface area contributed by atoms with Gasteiger partial charge in [0.05, 0.1) is 12.0 Å². The lowest BCUT2D eigenvalue weighted by atomic mass is 10.2. The second kappa shape index (κ2) is 5.71. The van der Waals surface area contributed by atoms with Crippen LogP contribution in [-0.4, -0.2) is 43.5 Å². The van der Waals surface area contributed by atoms with Crippen LogP contribution in [0.4, 0.5) is 0 Å². The quantitative estimate of drug-likeness (QED) is 0.879. The number of carbonyl (C=O) groups is 1. The fourth-order valence-corrected chi connectivity index (χ4v) is 4.89. The lowest BCUT2D eigenvalue weighted by Crippen LogP contribution is -2.40. The molecule has 1 unspecified atom stereocenters. The summed E-state index contributed by atoms with van der Waals surface area (Å²) in [7, 11) is -2.36. The summed E-state index contributed by atoms with van der Waals surface area (Å²) in [6.07, 6.45) is 0.881. The molecule has 1 aromatic rings. The van der Waals surface area contributed by atoms with Crippen molar-refractivity contribution in [1.82, 2.24) is 4.31 Å². The molecular weight excluding hydrogens is 350 g/mol. The third kappa shape index (κ3) is 2.68. The highest BCUT2D eigenvalue weighted by Crippen LogP contribution is 2.32. The van der Waals surface area contributed by atoms with Crippen LogP contribution >= 0.6 is 15.9 Å². The zero-order chi connectivity index (χ0) is 14.9. The van der Waals surface area contributed by atoms with Crippen LogP contribution in [0.15, 0.2) is 27.6 Å². The van der Waals surface area contributed by atoms with Gasteiger partial charge in [-0.2, -0.15) is 4.31 Å². The van der Waals surface area contributed by atoms with Crippen molar-refractivity contribution in [3.05, 3.63) is 22.7 Å². The van der Waals surface area contributed by atoms with Gasteiger partial charge in [-0.3, -0.25) is 4.79 Å². The minimum atomic E-state index is -3.84. The number of hydrogen-bond acceptors (Lipinski definition) is 4. The lowest BCUT2D eigenvalue weighted by Gasteiger charge is -2.21. The zero-order valence-electron chi connectivity index (χ0n) is 10.7. The van der Waals surface area contributed by atoms with Crippen molar-refractivity contribution in [2.75, 3.05) is 13.7 Å². The average molecular weight is 364 g/mol. The summed E-state index contributed by atoms with van der Waals surface area (Å²) in [5.74, 6) is -0.595. The topological polar surface area (TPSA) is 83.9 Å². The number of nitrogens with zero attached hydrogens (tertiary/aromatic N) is 1. The average Bonchev–Trinajstić information content (AvgIpc) is 2.88. The number of sulfonamides is 1. The molecule has 0 saturated carbocycles. The minimum absolute atomic E-state index is 0.0476. The van der Waals surface area contributed by atoms with Gasteiger partial charge >= 0.3 is 5.97 Å². The first-order chi connectivity index (χ1) is 9.37. The smallest absolute Gasteiger partial charge is 0.322 e. The predicted molar refractivity (Wildman–Crippen MR) is 75.2 cm³/mol. The van der Waals surface area contributed by atoms with E-state index in [1.54, 1.807) is 6.07 Å². The summed E-state index contributed by atoms with van der Waals surface area (Å²) in [6.45, 7) is 0.220. The Bertz CT molecular complexity index is 631. The Balaban J connectivity index is 2.42. The standard InChI is InChI=1S/C12H14BrNO5S/c1-19-8-4-5-11(9(13)7-8)20(17,18)14-6-2-3-10(14)12(15)16/h4-5,7,10H,2-3,6H2,1H3,(H,15,16). The molecule has 6 nitrogen and oxygen atoms in total. The maximum absolute atomic E-state index is 12.6. The summed E-state index contributed by atoms with van der Waals surface area (Å²) < 4.78 is 31.5. The van der Waals surface area contributed by atoms with Gasteiger partial charge < -0.3 is 9.84 Å². The molecular formula is C12H14BrNO5S. The molecule has 20 heavy (non-hydrogen) atoms. The first-order valence-electron chi connectivity index (χ1n) is 5.96. The molecule has 0 bridgehead atoms. The number of aliphatic carboxylic acids is 1. The molecule has 1 atom stereocenters. The first-order valence-corrected chi connectivity index (χ1v) is 8.19. The number of hydrogen-bond donors (Lipinski definition) is 1. The predicted octanol–water partition coefficient (Wildman–Crippen LogP) is 1.70. The Kier molecular flexibility index (Phi) is 4.36. The highest BCUT2D eigenvalue weighted by Gasteiger charge is 2.40. The summed E-state index contributed by atoms with van der Waals surface area (Å²) in [5, 5.41) is 9.11. The van der Waals surface area contributed by atoms with Crippen LogP contribution in [0.2, 0.25) is 0 Å². The Morgan fingerprint density at radius 1 is 1.50 bits per heavy atom. The van der Waals surface area contributed by atoms with E-state index in [2.05, 4.69) is 15.9 Å². The molecule has 0 aliphatic carbocycles. The van der Waals surface area contributed by atoms with E-state index in [-0.39, 0.29) is 11.4 Å². The van der Waals surface area contributed by atoms with Crippen LogP contribution in [0.1, 0.15) is 12.8 Å². The summed E-state index contributed by atoms with van der Waals surface area (Å²) in [6, 6.07) is 3.49. The van der Waals surface area contributed by atoms with E-state index in [4.69, 9.17) is 9.84 Å². The van der Waals surface area contributed by atoms with Crippen molar-refractivity contribution in [1.29, 1.82) is 0 Å². The van der Waals surface area contributed by atoms with Gasteiger partial charge in [-0.15, -0.1) is 0 Å². The van der Waals surface area contributed by atoms with Gasteiger partial charge in [0.25, 0.3) is 0 Å². The molecule has 1 aromatic carbocycles. The van der Waals surface area contributed by atoms with Crippen molar-refractivity contribution in [2.24, 2.45) is 0 Å². The van der Waals surface area contributed by atoms with Crippen LogP contribution in [0.5, 0.6) is 5.75 Å². The fraction of sp³-hybridized carbons (Fsp3) is 0.417. The third-order valence-electron chi connectivity index (χ3n) is 3.21. The van der Waals surface area contributed by atoms with Gasteiger partial charge in [0, 0.05) is 11.0 Å². The number of rotatable bonds is 4. The molecule has 110 valence electrons. The highest BCUT2D eigenvalue weighted by molar-refractivity contribution is 9.10. The fourth-order valence-electron chi connectivity index (χ4n) is 2.22. The molecule has 1 fully saturated rings. The van der Waals surface area contributed by atoms with Crippen LogP contribution in [-0.2, 0) is 14.8 Å². The number of carboxylic acids is 1. The largest absolute Gasteiger partial charge is 0.497 e. The van der Waals surface area contributed by atoms with Crippen molar-refractivity contribution in [3.63, 3.8) is 0 Å². The zero-order valence-corrected chi connectivity index (χ0v) is 13.1. The van der Waals surface area contributed by atoms with Gasteiger partial charge in [0.2, 0.25) is 10.0 Å². The molecule has 0 radical (unpaired) electrons. The molecule has 0 aromatic heterocycles. The second-order valence-electron chi connectivity index (χ2n) is 4.41. The Morgan fingerprint density at radius 3 is 2.75 bits per heavy atom. The van der Waals surface area contributed by atoms with Crippen LogP contribution in [0.25, 0.3) is 0 Å². The van der Waals surface area contributed by atoms with E-state index in [1.807, 2.05) is 0 Å². The number of benzene rings is 1. The molecule has 0 spiro atoms. The van der Waals surface area contributed by atoms with Crippen LogP contribution in [0, 0.1) is 0 Å². The summed E-state index contributed by atoms with van der Waals surface area (Å²) in [4.78, 5) is 11.2. The molecule has 8 heteroatoms. The molecule has 0 amide bonds. The SMILES string of the molecule is COc1ccc(S(=O)(=O)N2CCCC2C(=O)O)c(Br)c1. The van der Waals surface area contributed by atoms with E-state index >= 15 is 0 Å². The first kappa shape index (κ1) is 15.3. The van der Waals surface area contributed by atoms with Gasteiger partial charge in [-0.25, -0.2) is 8.42 Å². The van der Waals surface area contributed by atoms with Gasteiger partial charge in [0.1, 0.15) is 11.8 Å². The van der Waals surface area contributed by atoms with Crippen LogP contribution < -0.4 is 4.74 Å². The second-order valence-corrected chi connectivity index (χ2v) is 7.12. The summed E-state index contributed by atoms with van der Waals surface area (Å²) >= 11 is 3.19. The molecule has 1 aliphatic heterocycles.